The third kappa shape index (κ3) is 5.53. The number of amides is 1. The van der Waals surface area contributed by atoms with E-state index in [4.69, 9.17) is 4.74 Å². The number of rotatable bonds is 7. The number of nitrogens with zero attached hydrogens (tertiary/aromatic N) is 5. The fraction of sp³-hybridized carbons (Fsp3) is 0.652. The molecule has 0 saturated carbocycles. The van der Waals surface area contributed by atoms with E-state index in [0.717, 1.165) is 62.0 Å². The quantitative estimate of drug-likeness (QED) is 0.463. The van der Waals surface area contributed by atoms with Crippen LogP contribution in [0.3, 0.4) is 0 Å². The number of hydrogen-bond acceptors (Lipinski definition) is 8. The summed E-state index contributed by atoms with van der Waals surface area (Å²) in [4.78, 5) is 16.5. The van der Waals surface area contributed by atoms with E-state index in [1.165, 1.54) is 23.1 Å². The lowest BCUT2D eigenvalue weighted by atomic mass is 10.1. The van der Waals surface area contributed by atoms with Gasteiger partial charge in [0, 0.05) is 24.5 Å². The fourth-order valence-corrected chi connectivity index (χ4v) is 6.36. The first-order valence-electron chi connectivity index (χ1n) is 11.8. The summed E-state index contributed by atoms with van der Waals surface area (Å²) >= 11 is 2.99. The molecule has 0 unspecified atom stereocenters. The van der Waals surface area contributed by atoms with Gasteiger partial charge in [-0.1, -0.05) is 32.0 Å². The van der Waals surface area contributed by atoms with E-state index in [-0.39, 0.29) is 11.2 Å². The molecular formula is C23H32N6O2S2. The molecule has 4 rings (SSSR count). The van der Waals surface area contributed by atoms with Crippen LogP contribution in [-0.2, 0) is 28.9 Å². The van der Waals surface area contributed by atoms with E-state index >= 15 is 0 Å². The van der Waals surface area contributed by atoms with E-state index in [0.29, 0.717) is 29.7 Å². The maximum atomic E-state index is 13.1. The molecule has 1 fully saturated rings. The van der Waals surface area contributed by atoms with Gasteiger partial charge in [0.2, 0.25) is 11.9 Å². The number of ether oxygens (including phenoxy) is 1. The molecule has 0 bridgehead atoms. The van der Waals surface area contributed by atoms with Crippen molar-refractivity contribution in [1.29, 1.82) is 5.26 Å². The second-order valence-corrected chi connectivity index (χ2v) is 11.4. The Labute approximate surface area is 203 Å². The molecule has 2 aromatic heterocycles. The minimum Gasteiger partial charge on any atom is -0.378 e. The van der Waals surface area contributed by atoms with Crippen LogP contribution < -0.4 is 10.2 Å². The normalized spacial score (nSPS) is 17.4. The Balaban J connectivity index is 1.49. The summed E-state index contributed by atoms with van der Waals surface area (Å²) in [6, 6.07) is 2.34. The van der Waals surface area contributed by atoms with Gasteiger partial charge in [-0.15, -0.1) is 21.5 Å². The van der Waals surface area contributed by atoms with Gasteiger partial charge in [-0.25, -0.2) is 0 Å². The minimum atomic E-state index is -0.369. The van der Waals surface area contributed by atoms with Crippen molar-refractivity contribution in [2.45, 2.75) is 69.8 Å². The Bertz CT molecular complexity index is 1020. The van der Waals surface area contributed by atoms with Crippen LogP contribution in [0.25, 0.3) is 0 Å². The molecule has 0 radical (unpaired) electrons. The Hall–Kier alpha value is -2.09. The Morgan fingerprint density at radius 1 is 1.21 bits per heavy atom. The molecule has 0 aromatic carbocycles. The highest BCUT2D eigenvalue weighted by atomic mass is 32.2. The number of thiophene rings is 1. The highest BCUT2D eigenvalue weighted by Gasteiger charge is 2.26. The van der Waals surface area contributed by atoms with Crippen LogP contribution in [0.4, 0.5) is 10.9 Å². The maximum Gasteiger partial charge on any atom is 0.238 e. The van der Waals surface area contributed by atoms with Gasteiger partial charge in [0.1, 0.15) is 11.1 Å². The molecule has 1 N–H and O–H groups in total. The molecule has 3 heterocycles. The van der Waals surface area contributed by atoms with Gasteiger partial charge in [-0.3, -0.25) is 9.36 Å². The van der Waals surface area contributed by atoms with Gasteiger partial charge in [0.05, 0.1) is 24.0 Å². The van der Waals surface area contributed by atoms with E-state index in [9.17, 15) is 10.1 Å². The third-order valence-electron chi connectivity index (χ3n) is 5.96. The fourth-order valence-electron chi connectivity index (χ4n) is 4.26. The summed E-state index contributed by atoms with van der Waals surface area (Å²) < 4.78 is 7.60. The molecule has 8 nitrogen and oxygen atoms in total. The topological polar surface area (TPSA) is 96.1 Å². The summed E-state index contributed by atoms with van der Waals surface area (Å²) in [7, 11) is 0. The molecule has 1 atom stereocenters. The Kier molecular flexibility index (Phi) is 7.94. The first-order valence-corrected chi connectivity index (χ1v) is 13.5. The Morgan fingerprint density at radius 2 is 1.97 bits per heavy atom. The zero-order valence-electron chi connectivity index (χ0n) is 19.6. The lowest BCUT2D eigenvalue weighted by Crippen LogP contribution is -2.38. The van der Waals surface area contributed by atoms with Crippen LogP contribution in [-0.4, -0.2) is 52.2 Å². The predicted octanol–water partition coefficient (Wildman–Crippen LogP) is 4.09. The molecule has 1 aliphatic carbocycles. The number of morpholine rings is 1. The number of hydrogen-bond donors (Lipinski definition) is 1. The van der Waals surface area contributed by atoms with Crippen molar-refractivity contribution in [3.8, 4) is 6.07 Å². The van der Waals surface area contributed by atoms with Crippen LogP contribution in [0.5, 0.6) is 0 Å². The molecule has 2 aromatic rings. The van der Waals surface area contributed by atoms with E-state index in [1.54, 1.807) is 11.3 Å². The van der Waals surface area contributed by atoms with Gasteiger partial charge >= 0.3 is 0 Å². The zero-order chi connectivity index (χ0) is 23.4. The van der Waals surface area contributed by atoms with Crippen molar-refractivity contribution in [3.05, 3.63) is 16.0 Å². The zero-order valence-corrected chi connectivity index (χ0v) is 21.2. The second kappa shape index (κ2) is 10.9. The van der Waals surface area contributed by atoms with Crippen molar-refractivity contribution in [1.82, 2.24) is 14.8 Å². The number of aryl methyl sites for hydroxylation is 1. The number of anilines is 2. The molecule has 1 amide bonds. The van der Waals surface area contributed by atoms with Crippen molar-refractivity contribution >= 4 is 40.0 Å². The van der Waals surface area contributed by atoms with Gasteiger partial charge in [-0.05, 0) is 44.1 Å². The lowest BCUT2D eigenvalue weighted by molar-refractivity contribution is -0.115. The molecule has 2 aliphatic rings. The number of nitrogens with one attached hydrogen (secondary N) is 1. The summed E-state index contributed by atoms with van der Waals surface area (Å²) in [5, 5.41) is 22.8. The number of nitriles is 1. The van der Waals surface area contributed by atoms with Crippen molar-refractivity contribution in [3.63, 3.8) is 0 Å². The molecule has 1 aliphatic heterocycles. The lowest BCUT2D eigenvalue weighted by Gasteiger charge is -2.28. The van der Waals surface area contributed by atoms with Gasteiger partial charge in [-0.2, -0.15) is 5.26 Å². The molecular weight excluding hydrogens is 456 g/mol. The monoisotopic (exact) mass is 488 g/mol. The summed E-state index contributed by atoms with van der Waals surface area (Å²) in [6.07, 6.45) is 5.38. The third-order valence-corrected chi connectivity index (χ3v) is 8.25. The van der Waals surface area contributed by atoms with Crippen LogP contribution in [0, 0.1) is 17.2 Å². The molecule has 33 heavy (non-hydrogen) atoms. The summed E-state index contributed by atoms with van der Waals surface area (Å²) in [6.45, 7) is 9.94. The number of aromatic nitrogens is 3. The van der Waals surface area contributed by atoms with Crippen LogP contribution in [0.1, 0.15) is 56.0 Å². The molecule has 0 spiro atoms. The van der Waals surface area contributed by atoms with Crippen LogP contribution in [0.2, 0.25) is 0 Å². The molecule has 1 saturated heterocycles. The van der Waals surface area contributed by atoms with Crippen molar-refractivity contribution in [2.24, 2.45) is 5.92 Å². The van der Waals surface area contributed by atoms with E-state index < -0.39 is 0 Å². The predicted molar refractivity (Wildman–Crippen MR) is 132 cm³/mol. The average Bonchev–Trinajstić information content (AvgIpc) is 3.25. The van der Waals surface area contributed by atoms with Crippen molar-refractivity contribution < 1.29 is 9.53 Å². The van der Waals surface area contributed by atoms with Crippen molar-refractivity contribution in [2.75, 3.05) is 36.5 Å². The largest absolute Gasteiger partial charge is 0.378 e. The average molecular weight is 489 g/mol. The minimum absolute atomic E-state index is 0.111. The molecule has 10 heteroatoms. The maximum absolute atomic E-state index is 13.1. The van der Waals surface area contributed by atoms with E-state index in [2.05, 4.69) is 44.9 Å². The first-order chi connectivity index (χ1) is 16.0. The smallest absolute Gasteiger partial charge is 0.238 e. The number of thioether (sulfide) groups is 1. The van der Waals surface area contributed by atoms with Gasteiger partial charge in [0.15, 0.2) is 5.16 Å². The number of fused-ring (bicyclic) bond motifs is 1. The summed E-state index contributed by atoms with van der Waals surface area (Å²) in [5.74, 6) is 1.15. The first kappa shape index (κ1) is 24.0. The number of carbonyl (C=O) groups is 1. The van der Waals surface area contributed by atoms with Gasteiger partial charge in [0.25, 0.3) is 0 Å². The second-order valence-electron chi connectivity index (χ2n) is 9.02. The van der Waals surface area contributed by atoms with Crippen LogP contribution >= 0.6 is 23.1 Å². The standard InChI is InChI=1S/C23H32N6O2S2/c1-15(2)14-29-22(28-9-11-31-12-10-28)26-27-23(29)32-16(3)20(30)25-21-18(13-24)17-7-5-4-6-8-19(17)33-21/h15-16H,4-12,14H2,1-3H3,(H,25,30)/t16-/m1/s1. The highest BCUT2D eigenvalue weighted by Crippen LogP contribution is 2.37. The summed E-state index contributed by atoms with van der Waals surface area (Å²) in [5.41, 5.74) is 1.79. The SMILES string of the molecule is CC(C)Cn1c(S[C@H](C)C(=O)Nc2sc3c(c2C#N)CCCCC3)nnc1N1CCOCC1. The molecule has 178 valence electrons. The highest BCUT2D eigenvalue weighted by molar-refractivity contribution is 8.00. The Morgan fingerprint density at radius 3 is 2.70 bits per heavy atom. The van der Waals surface area contributed by atoms with E-state index in [1.807, 2.05) is 6.92 Å². The van der Waals surface area contributed by atoms with Gasteiger partial charge < -0.3 is 15.0 Å². The van der Waals surface area contributed by atoms with Crippen LogP contribution in [0.15, 0.2) is 5.16 Å². The number of carbonyl (C=O) groups excluding carboxylic acids is 1.